The smallest absolute Gasteiger partial charge is 0.304 e. The number of aliphatic carboxylic acids is 1. The van der Waals surface area contributed by atoms with Crippen molar-refractivity contribution in [1.82, 2.24) is 4.98 Å². The van der Waals surface area contributed by atoms with Crippen molar-refractivity contribution >= 4 is 17.6 Å². The molecule has 0 amide bonds. The molecule has 4 heteroatoms. The summed E-state index contributed by atoms with van der Waals surface area (Å²) in [5, 5.41) is 9.17. The van der Waals surface area contributed by atoms with Crippen molar-refractivity contribution < 1.29 is 9.90 Å². The second kappa shape index (κ2) is 4.42. The predicted octanol–water partition coefficient (Wildman–Crippen LogP) is 2.62. The van der Waals surface area contributed by atoms with Gasteiger partial charge in [-0.05, 0) is 19.1 Å². The number of rotatable bonds is 3. The fraction of sp³-hybridized carbons (Fsp3) is 0.400. The van der Waals surface area contributed by atoms with Crippen LogP contribution in [0.2, 0.25) is 5.02 Å². The summed E-state index contributed by atoms with van der Waals surface area (Å²) in [5.74, 6) is -0.989. The molecule has 0 saturated heterocycles. The van der Waals surface area contributed by atoms with Gasteiger partial charge in [0.1, 0.15) is 0 Å². The largest absolute Gasteiger partial charge is 0.481 e. The Morgan fingerprint density at radius 3 is 2.86 bits per heavy atom. The van der Waals surface area contributed by atoms with E-state index in [0.717, 1.165) is 5.69 Å². The summed E-state index contributed by atoms with van der Waals surface area (Å²) in [6.45, 7) is 3.66. The normalized spacial score (nSPS) is 12.5. The minimum Gasteiger partial charge on any atom is -0.481 e. The molecule has 0 aromatic carbocycles. The molecule has 76 valence electrons. The van der Waals surface area contributed by atoms with E-state index in [1.165, 1.54) is 0 Å². The fourth-order valence-electron chi connectivity index (χ4n) is 1.26. The van der Waals surface area contributed by atoms with Gasteiger partial charge in [-0.25, -0.2) is 0 Å². The van der Waals surface area contributed by atoms with Crippen LogP contribution in [0.1, 0.15) is 30.7 Å². The van der Waals surface area contributed by atoms with Crippen LogP contribution < -0.4 is 0 Å². The Morgan fingerprint density at radius 2 is 2.29 bits per heavy atom. The number of nitrogens with zero attached hydrogens (tertiary/aromatic N) is 1. The maximum atomic E-state index is 10.5. The van der Waals surface area contributed by atoms with Gasteiger partial charge < -0.3 is 5.11 Å². The van der Waals surface area contributed by atoms with Gasteiger partial charge in [0.2, 0.25) is 0 Å². The van der Waals surface area contributed by atoms with Crippen LogP contribution in [-0.2, 0) is 4.79 Å². The first-order valence-electron chi connectivity index (χ1n) is 4.35. The summed E-state index contributed by atoms with van der Waals surface area (Å²) < 4.78 is 0. The quantitative estimate of drug-likeness (QED) is 0.840. The zero-order valence-corrected chi connectivity index (χ0v) is 8.88. The lowest BCUT2D eigenvalue weighted by atomic mass is 10.0. The van der Waals surface area contributed by atoms with Gasteiger partial charge >= 0.3 is 5.97 Å². The molecule has 0 aliphatic carbocycles. The van der Waals surface area contributed by atoms with Crippen LogP contribution in [-0.4, -0.2) is 16.1 Å². The summed E-state index contributed by atoms with van der Waals surface area (Å²) >= 11 is 5.92. The van der Waals surface area contributed by atoms with Gasteiger partial charge in [-0.3, -0.25) is 9.78 Å². The number of halogens is 1. The summed E-state index contributed by atoms with van der Waals surface area (Å²) in [4.78, 5) is 14.7. The first-order chi connectivity index (χ1) is 6.50. The van der Waals surface area contributed by atoms with E-state index in [1.807, 2.05) is 13.8 Å². The molecule has 0 saturated carbocycles. The molecular weight excluding hydrogens is 202 g/mol. The number of carboxylic acid groups (broad SMARTS) is 1. The molecule has 3 nitrogen and oxygen atoms in total. The van der Waals surface area contributed by atoms with E-state index in [1.54, 1.807) is 12.1 Å². The van der Waals surface area contributed by atoms with E-state index >= 15 is 0 Å². The Hall–Kier alpha value is -1.09. The molecule has 1 heterocycles. The van der Waals surface area contributed by atoms with Crippen LogP contribution in [0, 0.1) is 6.92 Å². The van der Waals surface area contributed by atoms with Gasteiger partial charge in [0.15, 0.2) is 0 Å². The number of carboxylic acids is 1. The van der Waals surface area contributed by atoms with E-state index in [9.17, 15) is 4.79 Å². The third-order valence-corrected chi connectivity index (χ3v) is 2.28. The summed E-state index contributed by atoms with van der Waals surface area (Å²) in [6, 6.07) is 3.55. The highest BCUT2D eigenvalue weighted by Crippen LogP contribution is 2.24. The average molecular weight is 214 g/mol. The number of pyridine rings is 1. The first-order valence-corrected chi connectivity index (χ1v) is 4.73. The zero-order valence-electron chi connectivity index (χ0n) is 8.12. The molecule has 1 aromatic heterocycles. The van der Waals surface area contributed by atoms with Crippen molar-refractivity contribution in [3.05, 3.63) is 28.5 Å². The summed E-state index contributed by atoms with van der Waals surface area (Å²) in [5.41, 5.74) is 1.51. The first kappa shape index (κ1) is 11.0. The monoisotopic (exact) mass is 213 g/mol. The van der Waals surface area contributed by atoms with Crippen LogP contribution in [0.4, 0.5) is 0 Å². The fourth-order valence-corrected chi connectivity index (χ4v) is 1.56. The molecule has 0 aliphatic rings. The molecule has 1 atom stereocenters. The predicted molar refractivity (Wildman–Crippen MR) is 54.7 cm³/mol. The van der Waals surface area contributed by atoms with Crippen molar-refractivity contribution in [2.45, 2.75) is 26.2 Å². The maximum absolute atomic E-state index is 10.5. The van der Waals surface area contributed by atoms with E-state index in [-0.39, 0.29) is 12.3 Å². The number of hydrogen-bond donors (Lipinski definition) is 1. The minimum absolute atomic E-state index is 0.0518. The third kappa shape index (κ3) is 2.70. The highest BCUT2D eigenvalue weighted by molar-refractivity contribution is 6.31. The second-order valence-electron chi connectivity index (χ2n) is 3.32. The lowest BCUT2D eigenvalue weighted by Gasteiger charge is -2.10. The number of aryl methyl sites for hydroxylation is 1. The van der Waals surface area contributed by atoms with Crippen molar-refractivity contribution in [3.8, 4) is 0 Å². The van der Waals surface area contributed by atoms with Gasteiger partial charge in [0, 0.05) is 11.6 Å². The molecule has 0 fully saturated rings. The average Bonchev–Trinajstić information content (AvgIpc) is 2.08. The van der Waals surface area contributed by atoms with Gasteiger partial charge in [0.05, 0.1) is 17.1 Å². The summed E-state index contributed by atoms with van der Waals surface area (Å²) in [7, 11) is 0. The van der Waals surface area contributed by atoms with Gasteiger partial charge in [0.25, 0.3) is 0 Å². The van der Waals surface area contributed by atoms with Crippen LogP contribution in [0.5, 0.6) is 0 Å². The number of carbonyl (C=O) groups is 1. The lowest BCUT2D eigenvalue weighted by molar-refractivity contribution is -0.137. The zero-order chi connectivity index (χ0) is 10.7. The highest BCUT2D eigenvalue weighted by atomic mass is 35.5. The number of aromatic nitrogens is 1. The minimum atomic E-state index is -0.836. The Labute approximate surface area is 87.7 Å². The SMILES string of the molecule is Cc1ccc(Cl)c(C(C)CC(=O)O)n1. The topological polar surface area (TPSA) is 50.2 Å². The third-order valence-electron chi connectivity index (χ3n) is 1.96. The molecule has 0 aliphatic heterocycles. The Morgan fingerprint density at radius 1 is 1.64 bits per heavy atom. The van der Waals surface area contributed by atoms with Crippen molar-refractivity contribution in [1.29, 1.82) is 0 Å². The Kier molecular flexibility index (Phi) is 3.47. The molecule has 1 rings (SSSR count). The van der Waals surface area contributed by atoms with E-state index in [4.69, 9.17) is 16.7 Å². The van der Waals surface area contributed by atoms with Crippen LogP contribution in [0.3, 0.4) is 0 Å². The molecule has 1 aromatic rings. The van der Waals surface area contributed by atoms with Crippen molar-refractivity contribution in [3.63, 3.8) is 0 Å². The van der Waals surface area contributed by atoms with Crippen molar-refractivity contribution in [2.24, 2.45) is 0 Å². The van der Waals surface area contributed by atoms with E-state index in [2.05, 4.69) is 4.98 Å². The van der Waals surface area contributed by atoms with Gasteiger partial charge in [-0.2, -0.15) is 0 Å². The summed E-state index contributed by atoms with van der Waals surface area (Å²) in [6.07, 6.45) is 0.0518. The van der Waals surface area contributed by atoms with Crippen LogP contribution in [0.25, 0.3) is 0 Å². The van der Waals surface area contributed by atoms with Crippen LogP contribution >= 0.6 is 11.6 Å². The molecular formula is C10H12ClNO2. The van der Waals surface area contributed by atoms with Gasteiger partial charge in [-0.15, -0.1) is 0 Å². The van der Waals surface area contributed by atoms with E-state index < -0.39 is 5.97 Å². The Balaban J connectivity index is 2.93. The van der Waals surface area contributed by atoms with Crippen LogP contribution in [0.15, 0.2) is 12.1 Å². The number of hydrogen-bond acceptors (Lipinski definition) is 2. The second-order valence-corrected chi connectivity index (χ2v) is 3.73. The Bertz CT molecular complexity index is 352. The molecule has 0 spiro atoms. The molecule has 0 radical (unpaired) electrons. The van der Waals surface area contributed by atoms with Crippen molar-refractivity contribution in [2.75, 3.05) is 0 Å². The molecule has 1 N–H and O–H groups in total. The standard InChI is InChI=1S/C10H12ClNO2/c1-6(5-9(13)14)10-8(11)4-3-7(2)12-10/h3-4,6H,5H2,1-2H3,(H,13,14). The maximum Gasteiger partial charge on any atom is 0.304 e. The molecule has 1 unspecified atom stereocenters. The van der Waals surface area contributed by atoms with Gasteiger partial charge in [-0.1, -0.05) is 18.5 Å². The highest BCUT2D eigenvalue weighted by Gasteiger charge is 2.14. The van der Waals surface area contributed by atoms with E-state index in [0.29, 0.717) is 10.7 Å². The molecule has 14 heavy (non-hydrogen) atoms. The lowest BCUT2D eigenvalue weighted by Crippen LogP contribution is -2.05. The molecule has 0 bridgehead atoms.